The van der Waals surface area contributed by atoms with E-state index in [-0.39, 0.29) is 0 Å². The lowest BCUT2D eigenvalue weighted by Crippen LogP contribution is -2.33. The molecule has 0 fully saturated rings. The quantitative estimate of drug-likeness (QED) is 0.682. The van der Waals surface area contributed by atoms with Crippen LogP contribution in [-0.4, -0.2) is 0 Å². The van der Waals surface area contributed by atoms with Crippen LogP contribution in [0.2, 0.25) is 0 Å². The lowest BCUT2D eigenvalue weighted by Gasteiger charge is -2.35. The number of hydrogen-bond acceptors (Lipinski definition) is 1. The van der Waals surface area contributed by atoms with Crippen molar-refractivity contribution >= 4 is 5.69 Å². The Kier molecular flexibility index (Phi) is 2.57. The van der Waals surface area contributed by atoms with Gasteiger partial charge in [0, 0.05) is 16.7 Å². The summed E-state index contributed by atoms with van der Waals surface area (Å²) in [6, 6.07) is 7.12. The molecular weight excluding hydrogens is 177 g/mol. The fourth-order valence-electron chi connectivity index (χ4n) is 1.33. The maximum atomic E-state index is 14.5. The van der Waals surface area contributed by atoms with Gasteiger partial charge in [0.05, 0.1) is 0 Å². The van der Waals surface area contributed by atoms with Gasteiger partial charge in [-0.1, -0.05) is 39.0 Å². The van der Waals surface area contributed by atoms with Gasteiger partial charge < -0.3 is 5.73 Å². The number of anilines is 1. The first-order valence-electron chi connectivity index (χ1n) is 4.81. The number of benzene rings is 1. The van der Waals surface area contributed by atoms with Crippen molar-refractivity contribution in [1.29, 1.82) is 0 Å². The van der Waals surface area contributed by atoms with Crippen molar-refractivity contribution < 1.29 is 4.39 Å². The Balaban J connectivity index is 3.23. The summed E-state index contributed by atoms with van der Waals surface area (Å²) in [4.78, 5) is 0. The largest absolute Gasteiger partial charge is 0.398 e. The van der Waals surface area contributed by atoms with Crippen LogP contribution in [0.3, 0.4) is 0 Å². The molecule has 1 unspecified atom stereocenters. The molecule has 0 bridgehead atoms. The fraction of sp³-hybridized carbons (Fsp3) is 0.500. The molecular formula is C12H18FN. The van der Waals surface area contributed by atoms with Crippen molar-refractivity contribution in [2.45, 2.75) is 33.4 Å². The third kappa shape index (κ3) is 1.74. The van der Waals surface area contributed by atoms with Gasteiger partial charge in [-0.15, -0.1) is 0 Å². The Labute approximate surface area is 85.1 Å². The molecule has 0 aliphatic heterocycles. The zero-order chi connectivity index (χ0) is 11.0. The standard InChI is InChI=1S/C12H18FN/c1-11(2,3)12(4,13)9-7-5-6-8-10(9)14/h5-8H,14H2,1-4H3. The molecule has 1 atom stereocenters. The van der Waals surface area contributed by atoms with E-state index in [2.05, 4.69) is 0 Å². The Morgan fingerprint density at radius 2 is 1.57 bits per heavy atom. The minimum atomic E-state index is -1.40. The zero-order valence-electron chi connectivity index (χ0n) is 9.26. The van der Waals surface area contributed by atoms with Crippen LogP contribution in [0, 0.1) is 5.41 Å². The van der Waals surface area contributed by atoms with Gasteiger partial charge in [0.25, 0.3) is 0 Å². The number of alkyl halides is 1. The molecule has 78 valence electrons. The van der Waals surface area contributed by atoms with E-state index >= 15 is 0 Å². The van der Waals surface area contributed by atoms with Crippen molar-refractivity contribution in [2.24, 2.45) is 5.41 Å². The molecule has 1 nitrogen and oxygen atoms in total. The predicted octanol–water partition coefficient (Wildman–Crippen LogP) is 3.50. The maximum Gasteiger partial charge on any atom is 0.140 e. The second-order valence-electron chi connectivity index (χ2n) is 4.84. The molecule has 0 aromatic heterocycles. The number of halogens is 1. The molecule has 0 saturated carbocycles. The van der Waals surface area contributed by atoms with Gasteiger partial charge in [-0.25, -0.2) is 4.39 Å². The Morgan fingerprint density at radius 3 is 2.00 bits per heavy atom. The van der Waals surface area contributed by atoms with E-state index in [0.717, 1.165) is 0 Å². The predicted molar refractivity (Wildman–Crippen MR) is 58.8 cm³/mol. The highest BCUT2D eigenvalue weighted by molar-refractivity contribution is 5.50. The van der Waals surface area contributed by atoms with Crippen molar-refractivity contribution in [2.75, 3.05) is 5.73 Å². The fourth-order valence-corrected chi connectivity index (χ4v) is 1.33. The van der Waals surface area contributed by atoms with E-state index in [1.807, 2.05) is 32.9 Å². The molecule has 0 heterocycles. The second-order valence-corrected chi connectivity index (χ2v) is 4.84. The summed E-state index contributed by atoms with van der Waals surface area (Å²) >= 11 is 0. The van der Waals surface area contributed by atoms with Crippen LogP contribution in [-0.2, 0) is 5.67 Å². The topological polar surface area (TPSA) is 26.0 Å². The van der Waals surface area contributed by atoms with Crippen LogP contribution in [0.1, 0.15) is 33.3 Å². The summed E-state index contributed by atoms with van der Waals surface area (Å²) in [6.07, 6.45) is 0. The minimum Gasteiger partial charge on any atom is -0.398 e. The zero-order valence-corrected chi connectivity index (χ0v) is 9.26. The lowest BCUT2D eigenvalue weighted by molar-refractivity contribution is 0.0460. The molecule has 1 aromatic rings. The smallest absolute Gasteiger partial charge is 0.140 e. The Hall–Kier alpha value is -1.05. The van der Waals surface area contributed by atoms with Crippen molar-refractivity contribution in [3.05, 3.63) is 29.8 Å². The first-order valence-corrected chi connectivity index (χ1v) is 4.81. The number of hydrogen-bond donors (Lipinski definition) is 1. The Bertz CT molecular complexity index is 323. The highest BCUT2D eigenvalue weighted by atomic mass is 19.1. The Morgan fingerprint density at radius 1 is 1.07 bits per heavy atom. The van der Waals surface area contributed by atoms with Gasteiger partial charge in [-0.05, 0) is 13.0 Å². The van der Waals surface area contributed by atoms with Gasteiger partial charge in [-0.3, -0.25) is 0 Å². The molecule has 2 heteroatoms. The van der Waals surface area contributed by atoms with Crippen LogP contribution >= 0.6 is 0 Å². The van der Waals surface area contributed by atoms with Gasteiger partial charge in [0.1, 0.15) is 5.67 Å². The molecule has 0 amide bonds. The van der Waals surface area contributed by atoms with Gasteiger partial charge in [0.15, 0.2) is 0 Å². The first-order chi connectivity index (χ1) is 6.27. The molecule has 0 aliphatic rings. The van der Waals surface area contributed by atoms with Crippen LogP contribution < -0.4 is 5.73 Å². The molecule has 0 spiro atoms. The van der Waals surface area contributed by atoms with E-state index in [9.17, 15) is 4.39 Å². The van der Waals surface area contributed by atoms with Crippen molar-refractivity contribution in [3.8, 4) is 0 Å². The SMILES string of the molecule is CC(C)(C)C(C)(F)c1ccccc1N. The summed E-state index contributed by atoms with van der Waals surface area (Å²) in [5.41, 5.74) is 5.00. The number of nitrogens with two attached hydrogens (primary N) is 1. The molecule has 1 aromatic carbocycles. The summed E-state index contributed by atoms with van der Waals surface area (Å²) in [7, 11) is 0. The molecule has 0 aliphatic carbocycles. The third-order valence-electron chi connectivity index (χ3n) is 2.88. The summed E-state index contributed by atoms with van der Waals surface area (Å²) in [5.74, 6) is 0. The average Bonchev–Trinajstić information content (AvgIpc) is 2.02. The molecule has 1 rings (SSSR count). The van der Waals surface area contributed by atoms with Crippen molar-refractivity contribution in [1.82, 2.24) is 0 Å². The van der Waals surface area contributed by atoms with Gasteiger partial charge >= 0.3 is 0 Å². The van der Waals surface area contributed by atoms with Crippen molar-refractivity contribution in [3.63, 3.8) is 0 Å². The highest BCUT2D eigenvalue weighted by Gasteiger charge is 2.40. The van der Waals surface area contributed by atoms with Crippen LogP contribution in [0.25, 0.3) is 0 Å². The normalized spacial score (nSPS) is 16.4. The lowest BCUT2D eigenvalue weighted by atomic mass is 9.74. The molecule has 2 N–H and O–H groups in total. The monoisotopic (exact) mass is 195 g/mol. The third-order valence-corrected chi connectivity index (χ3v) is 2.88. The van der Waals surface area contributed by atoms with Crippen LogP contribution in [0.5, 0.6) is 0 Å². The van der Waals surface area contributed by atoms with E-state index < -0.39 is 11.1 Å². The summed E-state index contributed by atoms with van der Waals surface area (Å²) in [6.45, 7) is 7.21. The van der Waals surface area contributed by atoms with E-state index in [4.69, 9.17) is 5.73 Å². The molecule has 0 saturated heterocycles. The van der Waals surface area contributed by atoms with E-state index in [1.165, 1.54) is 0 Å². The highest BCUT2D eigenvalue weighted by Crippen LogP contribution is 2.44. The molecule has 14 heavy (non-hydrogen) atoms. The van der Waals surface area contributed by atoms with E-state index in [1.54, 1.807) is 19.1 Å². The number of rotatable bonds is 1. The van der Waals surface area contributed by atoms with E-state index in [0.29, 0.717) is 11.3 Å². The van der Waals surface area contributed by atoms with Gasteiger partial charge in [0.2, 0.25) is 0 Å². The summed E-state index contributed by atoms with van der Waals surface area (Å²) < 4.78 is 14.5. The van der Waals surface area contributed by atoms with Crippen LogP contribution in [0.4, 0.5) is 10.1 Å². The second kappa shape index (κ2) is 3.26. The van der Waals surface area contributed by atoms with Gasteiger partial charge in [-0.2, -0.15) is 0 Å². The minimum absolute atomic E-state index is 0.456. The molecule has 0 radical (unpaired) electrons. The number of nitrogen functional groups attached to an aromatic ring is 1. The first kappa shape index (κ1) is 11.0. The van der Waals surface area contributed by atoms with Crippen LogP contribution in [0.15, 0.2) is 24.3 Å². The summed E-state index contributed by atoms with van der Waals surface area (Å²) in [5, 5.41) is 0. The number of para-hydroxylation sites is 1. The maximum absolute atomic E-state index is 14.5. The average molecular weight is 195 g/mol.